The first-order valence-corrected chi connectivity index (χ1v) is 8.27. The molecule has 0 spiro atoms. The van der Waals surface area contributed by atoms with Crippen LogP contribution in [0.1, 0.15) is 12.1 Å². The number of pyridine rings is 2. The number of carbonyl (C=O) groups is 1. The fourth-order valence-electron chi connectivity index (χ4n) is 3.05. The Bertz CT molecular complexity index is 1090. The summed E-state index contributed by atoms with van der Waals surface area (Å²) in [7, 11) is 0. The zero-order chi connectivity index (χ0) is 18.4. The van der Waals surface area contributed by atoms with Crippen molar-refractivity contribution in [3.63, 3.8) is 0 Å². The lowest BCUT2D eigenvalue weighted by molar-refractivity contribution is -0.117. The van der Waals surface area contributed by atoms with E-state index >= 15 is 0 Å². The average molecular weight is 352 g/mol. The second-order valence-electron chi connectivity index (χ2n) is 6.56. The van der Waals surface area contributed by atoms with Crippen molar-refractivity contribution >= 4 is 28.2 Å². The van der Waals surface area contributed by atoms with E-state index < -0.39 is 12.1 Å². The Hall–Kier alpha value is -3.22. The Morgan fingerprint density at radius 3 is 2.81 bits per heavy atom. The molecule has 1 aliphatic rings. The van der Waals surface area contributed by atoms with Crippen LogP contribution in [0.2, 0.25) is 0 Å². The Morgan fingerprint density at radius 2 is 2.12 bits per heavy atom. The highest BCUT2D eigenvalue weighted by atomic mass is 19.1. The third-order valence-electron chi connectivity index (χ3n) is 4.60. The summed E-state index contributed by atoms with van der Waals surface area (Å²) in [5.74, 6) is -0.575. The first-order valence-electron chi connectivity index (χ1n) is 8.27. The van der Waals surface area contributed by atoms with E-state index in [9.17, 15) is 14.0 Å². The number of nitrogens with one attached hydrogen (secondary N) is 2. The standard InChI is InChI=1S/C19H17FN4O2/c1-9-12(2-3-18(25)23-9)10-4-11-6-17(22-8-14(11)16(21)5-10)24-19(26)13-7-15(13)20/h2-6,8,13,15H,7,21H2,1H3,(H,23,25)(H,22,24,26)/t13-,15+/m1/s1. The molecule has 26 heavy (non-hydrogen) atoms. The van der Waals surface area contributed by atoms with E-state index in [0.717, 1.165) is 27.6 Å². The molecule has 0 saturated heterocycles. The number of hydrogen-bond donors (Lipinski definition) is 3. The summed E-state index contributed by atoms with van der Waals surface area (Å²) in [5.41, 5.74) is 8.97. The van der Waals surface area contributed by atoms with Crippen molar-refractivity contribution in [2.24, 2.45) is 5.92 Å². The van der Waals surface area contributed by atoms with Gasteiger partial charge in [0.15, 0.2) is 0 Å². The summed E-state index contributed by atoms with van der Waals surface area (Å²) in [6, 6.07) is 8.65. The maximum Gasteiger partial charge on any atom is 0.248 e. The van der Waals surface area contributed by atoms with E-state index in [2.05, 4.69) is 15.3 Å². The number of aromatic nitrogens is 2. The quantitative estimate of drug-likeness (QED) is 0.631. The van der Waals surface area contributed by atoms with Gasteiger partial charge in [-0.15, -0.1) is 0 Å². The molecule has 1 aromatic carbocycles. The number of nitrogen functional groups attached to an aromatic ring is 1. The van der Waals surface area contributed by atoms with Crippen LogP contribution in [0, 0.1) is 12.8 Å². The number of hydrogen-bond acceptors (Lipinski definition) is 4. The lowest BCUT2D eigenvalue weighted by Crippen LogP contribution is -2.15. The monoisotopic (exact) mass is 352 g/mol. The zero-order valence-corrected chi connectivity index (χ0v) is 14.0. The van der Waals surface area contributed by atoms with Crippen molar-refractivity contribution < 1.29 is 9.18 Å². The number of aryl methyl sites for hydroxylation is 1. The number of amides is 1. The molecular formula is C19H17FN4O2. The summed E-state index contributed by atoms with van der Waals surface area (Å²) in [4.78, 5) is 30.3. The van der Waals surface area contributed by atoms with Crippen molar-refractivity contribution in [3.05, 3.63) is 52.6 Å². The smallest absolute Gasteiger partial charge is 0.248 e. The van der Waals surface area contributed by atoms with Gasteiger partial charge in [-0.1, -0.05) is 0 Å². The van der Waals surface area contributed by atoms with E-state index in [0.29, 0.717) is 11.5 Å². The summed E-state index contributed by atoms with van der Waals surface area (Å²) < 4.78 is 13.0. The normalized spacial score (nSPS) is 18.7. The predicted octanol–water partition coefficient (Wildman–Crippen LogP) is 2.78. The highest BCUT2D eigenvalue weighted by Gasteiger charge is 2.43. The van der Waals surface area contributed by atoms with E-state index in [1.807, 2.05) is 19.1 Å². The average Bonchev–Trinajstić information content (AvgIpc) is 3.31. The molecule has 132 valence electrons. The van der Waals surface area contributed by atoms with Gasteiger partial charge in [0.1, 0.15) is 12.0 Å². The fourth-order valence-corrected chi connectivity index (χ4v) is 3.05. The van der Waals surface area contributed by atoms with Gasteiger partial charge in [-0.25, -0.2) is 9.37 Å². The minimum atomic E-state index is -1.05. The highest BCUT2D eigenvalue weighted by Crippen LogP contribution is 2.35. The highest BCUT2D eigenvalue weighted by molar-refractivity contribution is 6.00. The molecule has 4 N–H and O–H groups in total. The van der Waals surface area contributed by atoms with Crippen LogP contribution in [0.25, 0.3) is 21.9 Å². The van der Waals surface area contributed by atoms with Gasteiger partial charge in [0.25, 0.3) is 0 Å². The van der Waals surface area contributed by atoms with Crippen molar-refractivity contribution in [3.8, 4) is 11.1 Å². The minimum absolute atomic E-state index is 0.166. The van der Waals surface area contributed by atoms with Crippen LogP contribution >= 0.6 is 0 Å². The van der Waals surface area contributed by atoms with Crippen molar-refractivity contribution in [2.75, 3.05) is 11.1 Å². The van der Waals surface area contributed by atoms with Gasteiger partial charge in [-0.2, -0.15) is 0 Å². The van der Waals surface area contributed by atoms with Gasteiger partial charge in [-0.05, 0) is 48.6 Å². The molecule has 1 amide bonds. The zero-order valence-electron chi connectivity index (χ0n) is 14.0. The molecule has 7 heteroatoms. The lowest BCUT2D eigenvalue weighted by atomic mass is 10.00. The molecule has 1 saturated carbocycles. The first kappa shape index (κ1) is 16.3. The van der Waals surface area contributed by atoms with Crippen LogP contribution in [-0.4, -0.2) is 22.0 Å². The van der Waals surface area contributed by atoms with Gasteiger partial charge in [-0.3, -0.25) is 9.59 Å². The maximum absolute atomic E-state index is 13.0. The third-order valence-corrected chi connectivity index (χ3v) is 4.60. The summed E-state index contributed by atoms with van der Waals surface area (Å²) in [5, 5.41) is 4.19. The Balaban J connectivity index is 1.74. The molecular weight excluding hydrogens is 335 g/mol. The van der Waals surface area contributed by atoms with Gasteiger partial charge < -0.3 is 16.0 Å². The summed E-state index contributed by atoms with van der Waals surface area (Å²) in [6.45, 7) is 1.82. The number of halogens is 1. The van der Waals surface area contributed by atoms with E-state index in [4.69, 9.17) is 5.73 Å². The molecule has 4 rings (SSSR count). The molecule has 0 radical (unpaired) electrons. The third kappa shape index (κ3) is 2.92. The number of alkyl halides is 1. The maximum atomic E-state index is 13.0. The Morgan fingerprint density at radius 1 is 1.35 bits per heavy atom. The van der Waals surface area contributed by atoms with Crippen molar-refractivity contribution in [1.82, 2.24) is 9.97 Å². The van der Waals surface area contributed by atoms with Crippen LogP contribution in [0.15, 0.2) is 41.3 Å². The summed E-state index contributed by atoms with van der Waals surface area (Å²) >= 11 is 0. The predicted molar refractivity (Wildman–Crippen MR) is 98.6 cm³/mol. The van der Waals surface area contributed by atoms with Gasteiger partial charge >= 0.3 is 0 Å². The molecule has 0 bridgehead atoms. The Labute approximate surface area is 148 Å². The van der Waals surface area contributed by atoms with Crippen LogP contribution in [0.4, 0.5) is 15.9 Å². The molecule has 6 nitrogen and oxygen atoms in total. The number of anilines is 2. The number of aromatic amines is 1. The molecule has 2 heterocycles. The van der Waals surface area contributed by atoms with Gasteiger partial charge in [0.2, 0.25) is 11.5 Å². The fraction of sp³-hybridized carbons (Fsp3) is 0.211. The molecule has 1 fully saturated rings. The summed E-state index contributed by atoms with van der Waals surface area (Å²) in [6.07, 6.45) is 0.798. The topological polar surface area (TPSA) is 101 Å². The number of carbonyl (C=O) groups excluding carboxylic acids is 1. The number of rotatable bonds is 3. The number of benzene rings is 1. The van der Waals surface area contributed by atoms with Crippen molar-refractivity contribution in [1.29, 1.82) is 0 Å². The van der Waals surface area contributed by atoms with E-state index in [1.165, 1.54) is 6.07 Å². The second kappa shape index (κ2) is 5.94. The number of H-pyrrole nitrogens is 1. The molecule has 0 unspecified atom stereocenters. The van der Waals surface area contributed by atoms with E-state index in [1.54, 1.807) is 18.3 Å². The van der Waals surface area contributed by atoms with Crippen LogP contribution in [-0.2, 0) is 4.79 Å². The van der Waals surface area contributed by atoms with Crippen LogP contribution in [0.5, 0.6) is 0 Å². The molecule has 2 atom stereocenters. The molecule has 1 aliphatic carbocycles. The van der Waals surface area contributed by atoms with Gasteiger partial charge in [0, 0.05) is 34.6 Å². The SMILES string of the molecule is Cc1[nH]c(=O)ccc1-c1cc(N)c2cnc(NC(=O)[C@@H]3C[C@@H]3F)cc2c1. The molecule has 2 aromatic heterocycles. The minimum Gasteiger partial charge on any atom is -0.398 e. The Kier molecular flexibility index (Phi) is 3.72. The van der Waals surface area contributed by atoms with Crippen molar-refractivity contribution in [2.45, 2.75) is 19.5 Å². The van der Waals surface area contributed by atoms with Crippen LogP contribution in [0.3, 0.4) is 0 Å². The molecule has 3 aromatic rings. The molecule has 0 aliphatic heterocycles. The number of nitrogens with two attached hydrogens (primary N) is 1. The van der Waals surface area contributed by atoms with Crippen LogP contribution < -0.4 is 16.6 Å². The first-order chi connectivity index (χ1) is 12.4. The number of fused-ring (bicyclic) bond motifs is 1. The second-order valence-corrected chi connectivity index (χ2v) is 6.56. The van der Waals surface area contributed by atoms with Gasteiger partial charge in [0.05, 0.1) is 5.92 Å². The largest absolute Gasteiger partial charge is 0.398 e. The van der Waals surface area contributed by atoms with E-state index in [-0.39, 0.29) is 17.9 Å². The lowest BCUT2D eigenvalue weighted by Gasteiger charge is -2.11. The number of nitrogens with zero attached hydrogens (tertiary/aromatic N) is 1.